The molecule has 0 aliphatic heterocycles. The number of ether oxygens (including phenoxy) is 3. The minimum atomic E-state index is -4.65. The number of pyridine rings is 1. The minimum absolute atomic E-state index is 0.0323. The predicted octanol–water partition coefficient (Wildman–Crippen LogP) is 4.82. The summed E-state index contributed by atoms with van der Waals surface area (Å²) in [4.78, 5) is 15.7. The van der Waals surface area contributed by atoms with Crippen molar-refractivity contribution in [1.29, 1.82) is 0 Å². The fourth-order valence-corrected chi connectivity index (χ4v) is 3.68. The Balaban J connectivity index is 2.16. The normalized spacial score (nSPS) is 11.7. The molecule has 1 aromatic carbocycles. The molecule has 0 aliphatic carbocycles. The molecular weight excluding hydrogens is 543 g/mol. The van der Waals surface area contributed by atoms with Gasteiger partial charge in [-0.2, -0.15) is 26.3 Å². The van der Waals surface area contributed by atoms with Gasteiger partial charge in [-0.15, -0.1) is 0 Å². The number of halogens is 4. The molecule has 2 N–H and O–H groups in total. The largest absolute Gasteiger partial charge is 0.491 e. The number of unbranched alkanes of at least 4 members (excludes halogenated alkanes) is 2. The Kier molecular flexibility index (Phi) is 11.7. The molecule has 0 atom stereocenters. The van der Waals surface area contributed by atoms with Crippen LogP contribution >= 0.6 is 11.6 Å². The second kappa shape index (κ2) is 14.2. The number of benzene rings is 1. The zero-order valence-corrected chi connectivity index (χ0v) is 21.6. The standard InChI is InChI=1S/C22H27ClF3N3O7S/c1-3-4-5-8-29-37(31,32)36-21(30)28-13-15-6-7-17(34-10-9-33-2)12-19(15)35-20-18(23)11-16(14-27-20)22(24,25)26/h6-7,11-12,14,29H,3-5,8-10,13H2,1-2H3,(H,28,30). The van der Waals surface area contributed by atoms with Crippen molar-refractivity contribution < 1.29 is 44.8 Å². The van der Waals surface area contributed by atoms with E-state index in [0.29, 0.717) is 36.6 Å². The van der Waals surface area contributed by atoms with Crippen molar-refractivity contribution in [3.63, 3.8) is 0 Å². The lowest BCUT2D eigenvalue weighted by Gasteiger charge is -2.15. The van der Waals surface area contributed by atoms with Crippen molar-refractivity contribution in [2.75, 3.05) is 26.9 Å². The molecule has 2 rings (SSSR count). The van der Waals surface area contributed by atoms with Crippen LogP contribution in [0, 0.1) is 0 Å². The first kappa shape index (κ1) is 30.4. The maximum atomic E-state index is 12.9. The monoisotopic (exact) mass is 569 g/mol. The van der Waals surface area contributed by atoms with Crippen LogP contribution in [0.25, 0.3) is 0 Å². The first-order chi connectivity index (χ1) is 17.4. The molecule has 37 heavy (non-hydrogen) atoms. The molecule has 0 bridgehead atoms. The van der Waals surface area contributed by atoms with Gasteiger partial charge < -0.3 is 23.7 Å². The van der Waals surface area contributed by atoms with E-state index in [0.717, 1.165) is 12.8 Å². The van der Waals surface area contributed by atoms with Crippen LogP contribution in [0.15, 0.2) is 30.5 Å². The summed E-state index contributed by atoms with van der Waals surface area (Å²) < 4.78 is 85.2. The number of aromatic nitrogens is 1. The van der Waals surface area contributed by atoms with E-state index in [-0.39, 0.29) is 31.3 Å². The van der Waals surface area contributed by atoms with E-state index in [2.05, 4.69) is 19.2 Å². The summed E-state index contributed by atoms with van der Waals surface area (Å²) in [6.07, 6.45) is -3.06. The number of hydrogen-bond donors (Lipinski definition) is 2. The van der Waals surface area contributed by atoms with Gasteiger partial charge in [0.25, 0.3) is 0 Å². The highest BCUT2D eigenvalue weighted by molar-refractivity contribution is 7.85. The summed E-state index contributed by atoms with van der Waals surface area (Å²) in [6, 6.07) is 5.10. The SMILES string of the molecule is CCCCCNS(=O)(=O)OC(=O)NCc1ccc(OCCOC)cc1Oc1ncc(C(F)(F)F)cc1Cl. The molecule has 1 amide bonds. The minimum Gasteiger partial charge on any atom is -0.491 e. The third-order valence-electron chi connectivity index (χ3n) is 4.60. The zero-order valence-electron chi connectivity index (χ0n) is 20.1. The molecule has 0 radical (unpaired) electrons. The zero-order chi connectivity index (χ0) is 27.5. The van der Waals surface area contributed by atoms with Crippen molar-refractivity contribution in [2.45, 2.75) is 38.9 Å². The lowest BCUT2D eigenvalue weighted by atomic mass is 10.2. The maximum absolute atomic E-state index is 12.9. The first-order valence-corrected chi connectivity index (χ1v) is 12.9. The average molecular weight is 570 g/mol. The second-order valence-electron chi connectivity index (χ2n) is 7.50. The topological polar surface area (TPSA) is 125 Å². The van der Waals surface area contributed by atoms with Crippen molar-refractivity contribution in [3.8, 4) is 17.4 Å². The number of alkyl halides is 3. The molecule has 1 heterocycles. The van der Waals surface area contributed by atoms with E-state index >= 15 is 0 Å². The highest BCUT2D eigenvalue weighted by Gasteiger charge is 2.32. The summed E-state index contributed by atoms with van der Waals surface area (Å²) in [7, 11) is -2.82. The van der Waals surface area contributed by atoms with Crippen molar-refractivity contribution in [1.82, 2.24) is 15.0 Å². The van der Waals surface area contributed by atoms with E-state index in [1.54, 1.807) is 6.07 Å². The summed E-state index contributed by atoms with van der Waals surface area (Å²) >= 11 is 5.94. The van der Waals surface area contributed by atoms with E-state index in [9.17, 15) is 26.4 Å². The van der Waals surface area contributed by atoms with Gasteiger partial charge in [-0.3, -0.25) is 0 Å². The summed E-state index contributed by atoms with van der Waals surface area (Å²) in [5.74, 6) is 0.0246. The fraction of sp³-hybridized carbons (Fsp3) is 0.455. The van der Waals surface area contributed by atoms with Crippen molar-refractivity contribution >= 4 is 28.0 Å². The summed E-state index contributed by atoms with van der Waals surface area (Å²) in [5.41, 5.74) is -0.766. The number of carbonyl (C=O) groups excluding carboxylic acids is 1. The van der Waals surface area contributed by atoms with Crippen LogP contribution < -0.4 is 19.5 Å². The van der Waals surface area contributed by atoms with Gasteiger partial charge in [0.1, 0.15) is 23.1 Å². The number of methoxy groups -OCH3 is 1. The van der Waals surface area contributed by atoms with Crippen LogP contribution in [0.1, 0.15) is 37.3 Å². The molecule has 0 unspecified atom stereocenters. The van der Waals surface area contributed by atoms with Crippen LogP contribution in [0.2, 0.25) is 5.02 Å². The molecule has 10 nitrogen and oxygen atoms in total. The molecule has 1 aromatic heterocycles. The maximum Gasteiger partial charge on any atom is 0.423 e. The van der Waals surface area contributed by atoms with Crippen molar-refractivity contribution in [3.05, 3.63) is 46.6 Å². The molecular formula is C22H27ClF3N3O7S. The number of nitrogens with one attached hydrogen (secondary N) is 2. The van der Waals surface area contributed by atoms with Gasteiger partial charge in [0.05, 0.1) is 12.2 Å². The Morgan fingerprint density at radius 2 is 1.92 bits per heavy atom. The van der Waals surface area contributed by atoms with Gasteiger partial charge in [0.15, 0.2) is 0 Å². The highest BCUT2D eigenvalue weighted by Crippen LogP contribution is 2.36. The average Bonchev–Trinajstić information content (AvgIpc) is 2.82. The Morgan fingerprint density at radius 3 is 2.57 bits per heavy atom. The van der Waals surface area contributed by atoms with Gasteiger partial charge in [-0.1, -0.05) is 31.4 Å². The summed E-state index contributed by atoms with van der Waals surface area (Å²) in [5, 5.41) is 1.87. The molecule has 2 aromatic rings. The lowest BCUT2D eigenvalue weighted by Crippen LogP contribution is -2.33. The molecule has 15 heteroatoms. The second-order valence-corrected chi connectivity index (χ2v) is 9.27. The lowest BCUT2D eigenvalue weighted by molar-refractivity contribution is -0.137. The van der Waals surface area contributed by atoms with Gasteiger partial charge in [0.2, 0.25) is 5.88 Å². The molecule has 0 aliphatic rings. The quantitative estimate of drug-likeness (QED) is 0.310. The van der Waals surface area contributed by atoms with Gasteiger partial charge >= 0.3 is 22.6 Å². The van der Waals surface area contributed by atoms with E-state index in [4.69, 9.17) is 25.8 Å². The number of rotatable bonds is 14. The van der Waals surface area contributed by atoms with Crippen LogP contribution in [-0.4, -0.2) is 46.4 Å². The van der Waals surface area contributed by atoms with Gasteiger partial charge in [-0.25, -0.2) is 9.78 Å². The molecule has 206 valence electrons. The number of nitrogens with zero attached hydrogens (tertiary/aromatic N) is 1. The summed E-state index contributed by atoms with van der Waals surface area (Å²) in [6.45, 7) is 2.29. The smallest absolute Gasteiger partial charge is 0.423 e. The van der Waals surface area contributed by atoms with E-state index in [1.807, 2.05) is 6.92 Å². The molecule has 0 saturated carbocycles. The third kappa shape index (κ3) is 10.6. The fourth-order valence-electron chi connectivity index (χ4n) is 2.77. The third-order valence-corrected chi connectivity index (χ3v) is 5.80. The Bertz CT molecular complexity index is 1150. The van der Waals surface area contributed by atoms with E-state index < -0.39 is 33.2 Å². The van der Waals surface area contributed by atoms with E-state index in [1.165, 1.54) is 19.2 Å². The number of carbonyl (C=O) groups is 1. The first-order valence-electron chi connectivity index (χ1n) is 11.1. The molecule has 0 fully saturated rings. The Hall–Kier alpha value is -2.81. The Morgan fingerprint density at radius 1 is 1.16 bits per heavy atom. The van der Waals surface area contributed by atoms with Gasteiger partial charge in [0, 0.05) is 38.0 Å². The van der Waals surface area contributed by atoms with Crippen LogP contribution in [0.3, 0.4) is 0 Å². The van der Waals surface area contributed by atoms with Gasteiger partial charge in [-0.05, 0) is 24.6 Å². The predicted molar refractivity (Wildman–Crippen MR) is 128 cm³/mol. The number of amides is 1. The van der Waals surface area contributed by atoms with Crippen molar-refractivity contribution in [2.24, 2.45) is 0 Å². The van der Waals surface area contributed by atoms with Crippen LogP contribution in [0.5, 0.6) is 17.4 Å². The van der Waals surface area contributed by atoms with Crippen LogP contribution in [-0.2, 0) is 31.9 Å². The number of hydrogen-bond acceptors (Lipinski definition) is 8. The molecule has 0 saturated heterocycles. The highest BCUT2D eigenvalue weighted by atomic mass is 35.5. The van der Waals surface area contributed by atoms with Crippen LogP contribution in [0.4, 0.5) is 18.0 Å². The Labute approximate surface area is 217 Å². The molecule has 0 spiro atoms.